The summed E-state index contributed by atoms with van der Waals surface area (Å²) in [5.74, 6) is 1.32. The van der Waals surface area contributed by atoms with E-state index in [4.69, 9.17) is 6.42 Å². The van der Waals surface area contributed by atoms with Crippen LogP contribution in [0, 0.1) is 12.3 Å². The van der Waals surface area contributed by atoms with Crippen LogP contribution in [0.15, 0.2) is 24.3 Å². The second kappa shape index (κ2) is 8.93. The summed E-state index contributed by atoms with van der Waals surface area (Å²) in [7, 11) is 3.92. The van der Waals surface area contributed by atoms with E-state index in [-0.39, 0.29) is 6.54 Å². The summed E-state index contributed by atoms with van der Waals surface area (Å²) in [6.07, 6.45) is 4.04. The number of hydrogen-bond donors (Lipinski definition) is 3. The fourth-order valence-electron chi connectivity index (χ4n) is 2.00. The van der Waals surface area contributed by atoms with E-state index in [2.05, 4.69) is 16.6 Å². The van der Waals surface area contributed by atoms with Gasteiger partial charge >= 0.3 is 0 Å². The zero-order valence-corrected chi connectivity index (χ0v) is 13.7. The molecule has 0 aromatic heterocycles. The fourth-order valence-corrected chi connectivity index (χ4v) is 2.00. The number of carbonyl (C=O) groups excluding carboxylic acids is 2. The SMILES string of the molecule is C#CCNC(=O)[C@@H](NC(=O)c1ccc(CN(C)C)cc1)[C@@H](C)O. The van der Waals surface area contributed by atoms with E-state index in [0.29, 0.717) is 5.56 Å². The molecule has 2 amide bonds. The van der Waals surface area contributed by atoms with Crippen LogP contribution in [0.4, 0.5) is 0 Å². The Bertz CT molecular complexity index is 574. The van der Waals surface area contributed by atoms with Crippen molar-refractivity contribution in [1.29, 1.82) is 0 Å². The molecular weight excluding hydrogens is 294 g/mol. The van der Waals surface area contributed by atoms with Gasteiger partial charge in [-0.1, -0.05) is 18.1 Å². The molecule has 1 aromatic rings. The topological polar surface area (TPSA) is 81.7 Å². The van der Waals surface area contributed by atoms with Gasteiger partial charge in [0.15, 0.2) is 0 Å². The van der Waals surface area contributed by atoms with Gasteiger partial charge in [0, 0.05) is 12.1 Å². The third kappa shape index (κ3) is 6.10. The van der Waals surface area contributed by atoms with Gasteiger partial charge in [-0.05, 0) is 38.7 Å². The average molecular weight is 317 g/mol. The second-order valence-electron chi connectivity index (χ2n) is 5.55. The molecule has 2 atom stereocenters. The molecule has 0 fully saturated rings. The Balaban J connectivity index is 2.75. The fraction of sp³-hybridized carbons (Fsp3) is 0.412. The first-order valence-electron chi connectivity index (χ1n) is 7.29. The molecule has 23 heavy (non-hydrogen) atoms. The minimum absolute atomic E-state index is 0.0388. The van der Waals surface area contributed by atoms with Crippen LogP contribution in [0.1, 0.15) is 22.8 Å². The van der Waals surface area contributed by atoms with E-state index in [1.54, 1.807) is 12.1 Å². The Labute approximate surface area is 136 Å². The van der Waals surface area contributed by atoms with E-state index in [9.17, 15) is 14.7 Å². The first-order chi connectivity index (χ1) is 10.8. The Hall–Kier alpha value is -2.36. The van der Waals surface area contributed by atoms with Crippen molar-refractivity contribution in [1.82, 2.24) is 15.5 Å². The summed E-state index contributed by atoms with van der Waals surface area (Å²) in [5.41, 5.74) is 1.49. The molecule has 0 saturated heterocycles. The molecule has 6 heteroatoms. The highest BCUT2D eigenvalue weighted by Crippen LogP contribution is 2.07. The zero-order chi connectivity index (χ0) is 17.4. The molecule has 6 nitrogen and oxygen atoms in total. The number of rotatable bonds is 7. The molecule has 0 radical (unpaired) electrons. The van der Waals surface area contributed by atoms with Crippen LogP contribution < -0.4 is 10.6 Å². The van der Waals surface area contributed by atoms with Crippen molar-refractivity contribution in [3.8, 4) is 12.3 Å². The van der Waals surface area contributed by atoms with Gasteiger partial charge in [-0.3, -0.25) is 9.59 Å². The molecule has 0 spiro atoms. The normalized spacial score (nSPS) is 13.0. The summed E-state index contributed by atoms with van der Waals surface area (Å²) in [4.78, 5) is 26.1. The third-order valence-corrected chi connectivity index (χ3v) is 3.13. The number of nitrogens with zero attached hydrogens (tertiary/aromatic N) is 1. The zero-order valence-electron chi connectivity index (χ0n) is 13.7. The Morgan fingerprint density at radius 3 is 2.39 bits per heavy atom. The van der Waals surface area contributed by atoms with Crippen LogP contribution >= 0.6 is 0 Å². The molecule has 0 unspecified atom stereocenters. The molecular formula is C17H23N3O3. The quantitative estimate of drug-likeness (QED) is 0.617. The van der Waals surface area contributed by atoms with Crippen LogP contribution in [-0.2, 0) is 11.3 Å². The smallest absolute Gasteiger partial charge is 0.252 e. The maximum atomic E-state index is 12.2. The average Bonchev–Trinajstić information content (AvgIpc) is 2.49. The standard InChI is InChI=1S/C17H23N3O3/c1-5-10-18-17(23)15(12(2)21)19-16(22)14-8-6-13(7-9-14)11-20(3)4/h1,6-9,12,15,21H,10-11H2,2-4H3,(H,18,23)(H,19,22)/t12-,15+/m1/s1. The van der Waals surface area contributed by atoms with E-state index in [1.165, 1.54) is 6.92 Å². The molecule has 0 heterocycles. The van der Waals surface area contributed by atoms with Crippen molar-refractivity contribution in [3.63, 3.8) is 0 Å². The number of amides is 2. The Morgan fingerprint density at radius 2 is 1.91 bits per heavy atom. The summed E-state index contributed by atoms with van der Waals surface area (Å²) in [5, 5.41) is 14.7. The second-order valence-corrected chi connectivity index (χ2v) is 5.55. The van der Waals surface area contributed by atoms with Crippen LogP contribution in [0.3, 0.4) is 0 Å². The van der Waals surface area contributed by atoms with Crippen LogP contribution in [0.5, 0.6) is 0 Å². The highest BCUT2D eigenvalue weighted by molar-refractivity contribution is 5.97. The van der Waals surface area contributed by atoms with Gasteiger partial charge in [0.25, 0.3) is 5.91 Å². The van der Waals surface area contributed by atoms with Crippen LogP contribution in [-0.4, -0.2) is 54.6 Å². The lowest BCUT2D eigenvalue weighted by molar-refractivity contribution is -0.125. The lowest BCUT2D eigenvalue weighted by Gasteiger charge is -2.20. The van der Waals surface area contributed by atoms with Gasteiger partial charge < -0.3 is 20.6 Å². The molecule has 3 N–H and O–H groups in total. The number of benzene rings is 1. The number of aliphatic hydroxyl groups excluding tert-OH is 1. The highest BCUT2D eigenvalue weighted by atomic mass is 16.3. The molecule has 0 saturated carbocycles. The van der Waals surface area contributed by atoms with Gasteiger partial charge in [-0.15, -0.1) is 6.42 Å². The number of aliphatic hydroxyl groups is 1. The monoisotopic (exact) mass is 317 g/mol. The summed E-state index contributed by atoms with van der Waals surface area (Å²) < 4.78 is 0. The van der Waals surface area contributed by atoms with Crippen molar-refractivity contribution >= 4 is 11.8 Å². The minimum Gasteiger partial charge on any atom is -0.391 e. The molecule has 0 aliphatic heterocycles. The minimum atomic E-state index is -1.06. The van der Waals surface area contributed by atoms with E-state index >= 15 is 0 Å². The van der Waals surface area contributed by atoms with Gasteiger partial charge in [0.1, 0.15) is 6.04 Å². The van der Waals surface area contributed by atoms with Crippen molar-refractivity contribution < 1.29 is 14.7 Å². The van der Waals surface area contributed by atoms with Crippen molar-refractivity contribution in [2.24, 2.45) is 0 Å². The largest absolute Gasteiger partial charge is 0.391 e. The molecule has 1 aromatic carbocycles. The third-order valence-electron chi connectivity index (χ3n) is 3.13. The summed E-state index contributed by atoms with van der Waals surface area (Å²) in [6, 6.07) is 6.02. The summed E-state index contributed by atoms with van der Waals surface area (Å²) in [6.45, 7) is 2.24. The first-order valence-corrected chi connectivity index (χ1v) is 7.29. The van der Waals surface area contributed by atoms with Crippen molar-refractivity contribution in [2.45, 2.75) is 25.6 Å². The number of hydrogen-bond acceptors (Lipinski definition) is 4. The highest BCUT2D eigenvalue weighted by Gasteiger charge is 2.25. The Morgan fingerprint density at radius 1 is 1.30 bits per heavy atom. The summed E-state index contributed by atoms with van der Waals surface area (Å²) >= 11 is 0. The van der Waals surface area contributed by atoms with Gasteiger partial charge in [0.05, 0.1) is 12.6 Å². The lowest BCUT2D eigenvalue weighted by Crippen LogP contribution is -2.52. The van der Waals surface area contributed by atoms with Crippen molar-refractivity contribution in [2.75, 3.05) is 20.6 Å². The van der Waals surface area contributed by atoms with Gasteiger partial charge in [0.2, 0.25) is 5.91 Å². The number of terminal acetylenes is 1. The first kappa shape index (κ1) is 18.7. The Kier molecular flexibility index (Phi) is 7.26. The van der Waals surface area contributed by atoms with E-state index in [1.807, 2.05) is 31.1 Å². The molecule has 0 aliphatic carbocycles. The number of nitrogens with one attached hydrogen (secondary N) is 2. The molecule has 124 valence electrons. The van der Waals surface area contributed by atoms with Gasteiger partial charge in [-0.2, -0.15) is 0 Å². The maximum Gasteiger partial charge on any atom is 0.252 e. The van der Waals surface area contributed by atoms with Gasteiger partial charge in [-0.25, -0.2) is 0 Å². The maximum absolute atomic E-state index is 12.2. The molecule has 0 bridgehead atoms. The van der Waals surface area contributed by atoms with Crippen LogP contribution in [0.2, 0.25) is 0 Å². The van der Waals surface area contributed by atoms with Crippen LogP contribution in [0.25, 0.3) is 0 Å². The molecule has 1 rings (SSSR count). The van der Waals surface area contributed by atoms with Crippen molar-refractivity contribution in [3.05, 3.63) is 35.4 Å². The predicted molar refractivity (Wildman–Crippen MR) is 88.6 cm³/mol. The number of carbonyl (C=O) groups is 2. The molecule has 0 aliphatic rings. The lowest BCUT2D eigenvalue weighted by atomic mass is 10.1. The van der Waals surface area contributed by atoms with E-state index < -0.39 is 24.0 Å². The van der Waals surface area contributed by atoms with E-state index in [0.717, 1.165) is 12.1 Å². The predicted octanol–water partition coefficient (Wildman–Crippen LogP) is -0.0232.